The van der Waals surface area contributed by atoms with Crippen LogP contribution < -0.4 is 5.32 Å². The zero-order chi connectivity index (χ0) is 10.7. The molecule has 0 aromatic carbocycles. The Morgan fingerprint density at radius 2 is 2.33 bits per heavy atom. The van der Waals surface area contributed by atoms with Gasteiger partial charge in [0.15, 0.2) is 0 Å². The van der Waals surface area contributed by atoms with E-state index in [-0.39, 0.29) is 18.1 Å². The van der Waals surface area contributed by atoms with Crippen LogP contribution in [-0.4, -0.2) is 49.2 Å². The number of carbonyl (C=O) groups excluding carboxylic acids is 1. The van der Waals surface area contributed by atoms with Crippen molar-refractivity contribution in [3.05, 3.63) is 0 Å². The van der Waals surface area contributed by atoms with Crippen molar-refractivity contribution >= 4 is 5.91 Å². The molecule has 2 aliphatic heterocycles. The Balaban J connectivity index is 1.82. The minimum absolute atomic E-state index is 0.0753. The predicted molar refractivity (Wildman–Crippen MR) is 57.6 cm³/mol. The van der Waals surface area contributed by atoms with Crippen molar-refractivity contribution < 1.29 is 9.53 Å². The molecule has 2 heterocycles. The molecule has 0 saturated carbocycles. The summed E-state index contributed by atoms with van der Waals surface area (Å²) in [6.45, 7) is 5.43. The number of hydrogen-bond acceptors (Lipinski definition) is 3. The first-order chi connectivity index (χ1) is 7.31. The quantitative estimate of drug-likeness (QED) is 0.732. The molecule has 2 rings (SSSR count). The first kappa shape index (κ1) is 10.9. The molecule has 2 aliphatic rings. The van der Waals surface area contributed by atoms with E-state index < -0.39 is 0 Å². The lowest BCUT2D eigenvalue weighted by atomic mass is 10.1. The highest BCUT2D eigenvalue weighted by atomic mass is 16.5. The van der Waals surface area contributed by atoms with Gasteiger partial charge < -0.3 is 15.0 Å². The van der Waals surface area contributed by atoms with E-state index in [4.69, 9.17) is 4.74 Å². The van der Waals surface area contributed by atoms with E-state index in [0.717, 1.165) is 45.5 Å². The summed E-state index contributed by atoms with van der Waals surface area (Å²) < 4.78 is 5.55. The van der Waals surface area contributed by atoms with Crippen molar-refractivity contribution in [1.82, 2.24) is 10.2 Å². The van der Waals surface area contributed by atoms with Crippen LogP contribution in [-0.2, 0) is 9.53 Å². The van der Waals surface area contributed by atoms with E-state index in [1.54, 1.807) is 0 Å². The second-order valence-corrected chi connectivity index (χ2v) is 4.31. The predicted octanol–water partition coefficient (Wildman–Crippen LogP) is 0.376. The zero-order valence-electron chi connectivity index (χ0n) is 9.37. The SMILES string of the molecule is CCN(CC1CCCO1)C(=O)[C@H]1CCN1. The topological polar surface area (TPSA) is 41.6 Å². The second-order valence-electron chi connectivity index (χ2n) is 4.31. The fourth-order valence-electron chi connectivity index (χ4n) is 2.13. The molecule has 2 saturated heterocycles. The van der Waals surface area contributed by atoms with Crippen molar-refractivity contribution in [3.8, 4) is 0 Å². The maximum Gasteiger partial charge on any atom is 0.239 e. The number of ether oxygens (including phenoxy) is 1. The molecule has 86 valence electrons. The summed E-state index contributed by atoms with van der Waals surface area (Å²) in [6.07, 6.45) is 3.50. The largest absolute Gasteiger partial charge is 0.376 e. The molecule has 2 atom stereocenters. The zero-order valence-corrected chi connectivity index (χ0v) is 9.37. The van der Waals surface area contributed by atoms with Gasteiger partial charge in [-0.2, -0.15) is 0 Å². The number of nitrogens with zero attached hydrogens (tertiary/aromatic N) is 1. The lowest BCUT2D eigenvalue weighted by molar-refractivity contribution is -0.136. The first-order valence-electron chi connectivity index (χ1n) is 5.95. The third-order valence-electron chi connectivity index (χ3n) is 3.26. The van der Waals surface area contributed by atoms with Crippen LogP contribution in [0.4, 0.5) is 0 Å². The molecule has 0 radical (unpaired) electrons. The van der Waals surface area contributed by atoms with Crippen molar-refractivity contribution in [2.75, 3.05) is 26.2 Å². The molecular formula is C11H20N2O2. The maximum absolute atomic E-state index is 12.0. The molecule has 0 bridgehead atoms. The lowest BCUT2D eigenvalue weighted by Gasteiger charge is -2.33. The Bertz CT molecular complexity index is 223. The Labute approximate surface area is 91.0 Å². The molecule has 1 N–H and O–H groups in total. The monoisotopic (exact) mass is 212 g/mol. The third-order valence-corrected chi connectivity index (χ3v) is 3.26. The molecule has 4 heteroatoms. The Hall–Kier alpha value is -0.610. The molecule has 0 aromatic rings. The number of carbonyl (C=O) groups is 1. The summed E-state index contributed by atoms with van der Waals surface area (Å²) in [5.41, 5.74) is 0. The Kier molecular flexibility index (Phi) is 3.59. The highest BCUT2D eigenvalue weighted by Crippen LogP contribution is 2.15. The average Bonchev–Trinajstić information content (AvgIpc) is 2.63. The molecule has 2 fully saturated rings. The molecule has 0 aliphatic carbocycles. The van der Waals surface area contributed by atoms with Crippen molar-refractivity contribution in [1.29, 1.82) is 0 Å². The molecule has 1 unspecified atom stereocenters. The van der Waals surface area contributed by atoms with Crippen molar-refractivity contribution in [3.63, 3.8) is 0 Å². The smallest absolute Gasteiger partial charge is 0.239 e. The number of likely N-dealkylation sites (N-methyl/N-ethyl adjacent to an activating group) is 1. The molecular weight excluding hydrogens is 192 g/mol. The molecule has 0 aromatic heterocycles. The van der Waals surface area contributed by atoms with Crippen LogP contribution in [0.25, 0.3) is 0 Å². The van der Waals surface area contributed by atoms with Gasteiger partial charge in [-0.1, -0.05) is 0 Å². The third kappa shape index (κ3) is 2.49. The van der Waals surface area contributed by atoms with E-state index in [2.05, 4.69) is 5.32 Å². The van der Waals surface area contributed by atoms with Gasteiger partial charge in [-0.3, -0.25) is 4.79 Å². The first-order valence-corrected chi connectivity index (χ1v) is 5.95. The van der Waals surface area contributed by atoms with E-state index in [1.807, 2.05) is 11.8 Å². The molecule has 0 spiro atoms. The van der Waals surface area contributed by atoms with E-state index in [1.165, 1.54) is 0 Å². The van der Waals surface area contributed by atoms with Gasteiger partial charge in [0.2, 0.25) is 5.91 Å². The van der Waals surface area contributed by atoms with Crippen molar-refractivity contribution in [2.45, 2.75) is 38.3 Å². The van der Waals surface area contributed by atoms with E-state index in [0.29, 0.717) is 0 Å². The van der Waals surface area contributed by atoms with Crippen LogP contribution in [0.3, 0.4) is 0 Å². The van der Waals surface area contributed by atoms with Gasteiger partial charge >= 0.3 is 0 Å². The minimum Gasteiger partial charge on any atom is -0.376 e. The summed E-state index contributed by atoms with van der Waals surface area (Å²) in [5, 5.41) is 3.15. The summed E-state index contributed by atoms with van der Waals surface area (Å²) in [6, 6.07) is 0.0753. The van der Waals surface area contributed by atoms with E-state index in [9.17, 15) is 4.79 Å². The maximum atomic E-state index is 12.0. The Morgan fingerprint density at radius 1 is 1.53 bits per heavy atom. The normalized spacial score (nSPS) is 29.9. The van der Waals surface area contributed by atoms with Gasteiger partial charge in [-0.25, -0.2) is 0 Å². The summed E-state index contributed by atoms with van der Waals surface area (Å²) in [5.74, 6) is 0.249. The van der Waals surface area contributed by atoms with Crippen LogP contribution in [0.1, 0.15) is 26.2 Å². The second kappa shape index (κ2) is 4.94. The van der Waals surface area contributed by atoms with Crippen LogP contribution in [0, 0.1) is 0 Å². The fraction of sp³-hybridized carbons (Fsp3) is 0.909. The number of rotatable bonds is 4. The molecule has 1 amide bonds. The number of amides is 1. The Morgan fingerprint density at radius 3 is 2.80 bits per heavy atom. The molecule has 4 nitrogen and oxygen atoms in total. The highest BCUT2D eigenvalue weighted by molar-refractivity contribution is 5.82. The highest BCUT2D eigenvalue weighted by Gasteiger charge is 2.30. The number of hydrogen-bond donors (Lipinski definition) is 1. The van der Waals surface area contributed by atoms with Gasteiger partial charge in [-0.15, -0.1) is 0 Å². The van der Waals surface area contributed by atoms with Crippen LogP contribution >= 0.6 is 0 Å². The van der Waals surface area contributed by atoms with Gasteiger partial charge in [0.1, 0.15) is 0 Å². The van der Waals surface area contributed by atoms with Gasteiger partial charge in [0.05, 0.1) is 12.1 Å². The average molecular weight is 212 g/mol. The minimum atomic E-state index is 0.0753. The standard InChI is InChI=1S/C11H20N2O2/c1-2-13(8-9-4-3-7-15-9)11(14)10-5-6-12-10/h9-10,12H,2-8H2,1H3/t9?,10-/m1/s1. The summed E-state index contributed by atoms with van der Waals surface area (Å²) in [4.78, 5) is 13.9. The van der Waals surface area contributed by atoms with Gasteiger partial charge in [-0.05, 0) is 32.7 Å². The van der Waals surface area contributed by atoms with Gasteiger partial charge in [0.25, 0.3) is 0 Å². The van der Waals surface area contributed by atoms with E-state index >= 15 is 0 Å². The summed E-state index contributed by atoms with van der Waals surface area (Å²) >= 11 is 0. The van der Waals surface area contributed by atoms with Crippen LogP contribution in [0.15, 0.2) is 0 Å². The number of nitrogens with one attached hydrogen (secondary N) is 1. The van der Waals surface area contributed by atoms with Crippen LogP contribution in [0.5, 0.6) is 0 Å². The molecule has 15 heavy (non-hydrogen) atoms. The van der Waals surface area contributed by atoms with Crippen LogP contribution in [0.2, 0.25) is 0 Å². The van der Waals surface area contributed by atoms with Gasteiger partial charge in [0, 0.05) is 19.7 Å². The van der Waals surface area contributed by atoms with Crippen molar-refractivity contribution in [2.24, 2.45) is 0 Å². The lowest BCUT2D eigenvalue weighted by Crippen LogP contribution is -2.55. The fourth-order valence-corrected chi connectivity index (χ4v) is 2.13. The summed E-state index contributed by atoms with van der Waals surface area (Å²) in [7, 11) is 0.